The van der Waals surface area contributed by atoms with Gasteiger partial charge in [-0.1, -0.05) is 0 Å². The van der Waals surface area contributed by atoms with Crippen molar-refractivity contribution in [1.82, 2.24) is 18.6 Å². The molecule has 0 atom stereocenters. The van der Waals surface area contributed by atoms with E-state index in [0.717, 1.165) is 13.0 Å². The SMILES string of the molecule is CN(CCCN)S(=O)(=O)NCCCn1ccnc1. The fourth-order valence-electron chi connectivity index (χ4n) is 1.43. The van der Waals surface area contributed by atoms with Crippen molar-refractivity contribution in [3.05, 3.63) is 18.7 Å². The molecular weight excluding hydrogens is 254 g/mol. The van der Waals surface area contributed by atoms with Crippen molar-refractivity contribution in [1.29, 1.82) is 0 Å². The molecule has 1 aromatic rings. The Balaban J connectivity index is 2.24. The lowest BCUT2D eigenvalue weighted by molar-refractivity contribution is 0.451. The summed E-state index contributed by atoms with van der Waals surface area (Å²) in [6.45, 7) is 2.08. The molecule has 0 aliphatic rings. The highest BCUT2D eigenvalue weighted by Gasteiger charge is 2.15. The van der Waals surface area contributed by atoms with E-state index in [9.17, 15) is 8.42 Å². The lowest BCUT2D eigenvalue weighted by atomic mass is 10.4. The van der Waals surface area contributed by atoms with Gasteiger partial charge in [-0.2, -0.15) is 12.7 Å². The molecule has 8 heteroatoms. The topological polar surface area (TPSA) is 93.2 Å². The van der Waals surface area contributed by atoms with Crippen molar-refractivity contribution in [3.63, 3.8) is 0 Å². The Morgan fingerprint density at radius 3 is 2.83 bits per heavy atom. The maximum absolute atomic E-state index is 11.8. The van der Waals surface area contributed by atoms with E-state index in [1.807, 2.05) is 10.8 Å². The molecular formula is C10H21N5O2S. The maximum Gasteiger partial charge on any atom is 0.279 e. The highest BCUT2D eigenvalue weighted by Crippen LogP contribution is 1.96. The van der Waals surface area contributed by atoms with Crippen LogP contribution in [0.3, 0.4) is 0 Å². The van der Waals surface area contributed by atoms with Crippen LogP contribution < -0.4 is 10.5 Å². The van der Waals surface area contributed by atoms with Crippen LogP contribution in [0.15, 0.2) is 18.7 Å². The lowest BCUT2D eigenvalue weighted by Crippen LogP contribution is -2.39. The number of rotatable bonds is 9. The molecule has 3 N–H and O–H groups in total. The Bertz CT molecular complexity index is 417. The molecule has 0 spiro atoms. The first-order valence-corrected chi connectivity index (χ1v) is 7.37. The Morgan fingerprint density at radius 1 is 1.44 bits per heavy atom. The van der Waals surface area contributed by atoms with E-state index in [0.29, 0.717) is 26.1 Å². The van der Waals surface area contributed by atoms with Gasteiger partial charge in [0.15, 0.2) is 0 Å². The molecule has 0 aliphatic carbocycles. The van der Waals surface area contributed by atoms with E-state index in [2.05, 4.69) is 9.71 Å². The highest BCUT2D eigenvalue weighted by molar-refractivity contribution is 7.87. The van der Waals surface area contributed by atoms with Crippen LogP contribution in [0.4, 0.5) is 0 Å². The number of aromatic nitrogens is 2. The minimum Gasteiger partial charge on any atom is -0.337 e. The second kappa shape index (κ2) is 7.47. The summed E-state index contributed by atoms with van der Waals surface area (Å²) in [5.74, 6) is 0. The van der Waals surface area contributed by atoms with E-state index in [-0.39, 0.29) is 0 Å². The summed E-state index contributed by atoms with van der Waals surface area (Å²) in [6.07, 6.45) is 6.64. The van der Waals surface area contributed by atoms with Gasteiger partial charge in [-0.05, 0) is 19.4 Å². The number of hydrogen-bond acceptors (Lipinski definition) is 4. The molecule has 0 aromatic carbocycles. The first kappa shape index (κ1) is 15.1. The van der Waals surface area contributed by atoms with E-state index < -0.39 is 10.2 Å². The molecule has 1 heterocycles. The zero-order valence-corrected chi connectivity index (χ0v) is 11.4. The van der Waals surface area contributed by atoms with Crippen molar-refractivity contribution in [3.8, 4) is 0 Å². The minimum absolute atomic E-state index is 0.410. The molecule has 0 saturated carbocycles. The predicted octanol–water partition coefficient (Wildman–Crippen LogP) is -0.612. The van der Waals surface area contributed by atoms with Gasteiger partial charge in [-0.3, -0.25) is 0 Å². The van der Waals surface area contributed by atoms with E-state index in [1.54, 1.807) is 19.6 Å². The summed E-state index contributed by atoms with van der Waals surface area (Å²) in [7, 11) is -1.82. The number of nitrogens with zero attached hydrogens (tertiary/aromatic N) is 3. The van der Waals surface area contributed by atoms with Crippen molar-refractivity contribution < 1.29 is 8.42 Å². The third kappa shape index (κ3) is 5.13. The third-order valence-corrected chi connectivity index (χ3v) is 4.10. The maximum atomic E-state index is 11.8. The van der Waals surface area contributed by atoms with E-state index >= 15 is 0 Å². The van der Waals surface area contributed by atoms with Gasteiger partial charge >= 0.3 is 0 Å². The van der Waals surface area contributed by atoms with Gasteiger partial charge in [0.25, 0.3) is 10.2 Å². The fourth-order valence-corrected chi connectivity index (χ4v) is 2.42. The Labute approximate surface area is 108 Å². The summed E-state index contributed by atoms with van der Waals surface area (Å²) in [6, 6.07) is 0. The number of nitrogens with one attached hydrogen (secondary N) is 1. The Kier molecular flexibility index (Phi) is 6.27. The van der Waals surface area contributed by atoms with Crippen LogP contribution in [0.5, 0.6) is 0 Å². The zero-order chi connectivity index (χ0) is 13.4. The van der Waals surface area contributed by atoms with Crippen LogP contribution in [0.1, 0.15) is 12.8 Å². The van der Waals surface area contributed by atoms with Crippen LogP contribution in [0, 0.1) is 0 Å². The van der Waals surface area contributed by atoms with Crippen LogP contribution in [0.2, 0.25) is 0 Å². The van der Waals surface area contributed by atoms with Gasteiger partial charge in [-0.25, -0.2) is 9.71 Å². The molecule has 0 saturated heterocycles. The molecule has 0 unspecified atom stereocenters. The van der Waals surface area contributed by atoms with Crippen molar-refractivity contribution in [2.24, 2.45) is 5.73 Å². The van der Waals surface area contributed by atoms with Crippen molar-refractivity contribution >= 4 is 10.2 Å². The lowest BCUT2D eigenvalue weighted by Gasteiger charge is -2.17. The van der Waals surface area contributed by atoms with Crippen molar-refractivity contribution in [2.75, 3.05) is 26.7 Å². The van der Waals surface area contributed by atoms with Crippen LogP contribution in [-0.4, -0.2) is 49.0 Å². The summed E-state index contributed by atoms with van der Waals surface area (Å²) in [5.41, 5.74) is 5.35. The van der Waals surface area contributed by atoms with Gasteiger partial charge in [0.2, 0.25) is 0 Å². The van der Waals surface area contributed by atoms with E-state index in [1.165, 1.54) is 4.31 Å². The Morgan fingerprint density at radius 2 is 2.22 bits per heavy atom. The molecule has 1 rings (SSSR count). The standard InChI is InChI=1S/C10H21N5O2S/c1-14(7-2-4-11)18(16,17)13-5-3-8-15-9-6-12-10-15/h6,9-10,13H,2-5,7-8,11H2,1H3. The second-order valence-corrected chi connectivity index (χ2v) is 5.88. The third-order valence-electron chi connectivity index (χ3n) is 2.52. The smallest absolute Gasteiger partial charge is 0.279 e. The number of imidazole rings is 1. The highest BCUT2D eigenvalue weighted by atomic mass is 32.2. The van der Waals surface area contributed by atoms with Gasteiger partial charge in [0.05, 0.1) is 6.33 Å². The monoisotopic (exact) mass is 275 g/mol. The normalized spacial score (nSPS) is 12.2. The van der Waals surface area contributed by atoms with Crippen molar-refractivity contribution in [2.45, 2.75) is 19.4 Å². The quantitative estimate of drug-likeness (QED) is 0.588. The molecule has 0 aliphatic heterocycles. The average molecular weight is 275 g/mol. The van der Waals surface area contributed by atoms with Gasteiger partial charge < -0.3 is 10.3 Å². The summed E-state index contributed by atoms with van der Waals surface area (Å²) < 4.78 is 29.3. The molecule has 0 amide bonds. The van der Waals surface area contributed by atoms with Crippen LogP contribution in [-0.2, 0) is 16.8 Å². The predicted molar refractivity (Wildman–Crippen MR) is 70.1 cm³/mol. The first-order chi connectivity index (χ1) is 8.56. The van der Waals surface area contributed by atoms with Gasteiger partial charge in [0.1, 0.15) is 0 Å². The molecule has 0 bridgehead atoms. The average Bonchev–Trinajstić information content (AvgIpc) is 2.84. The van der Waals surface area contributed by atoms with Gasteiger partial charge in [-0.15, -0.1) is 0 Å². The second-order valence-electron chi connectivity index (χ2n) is 4.02. The first-order valence-electron chi connectivity index (χ1n) is 5.93. The molecule has 1 aromatic heterocycles. The molecule has 18 heavy (non-hydrogen) atoms. The summed E-state index contributed by atoms with van der Waals surface area (Å²) in [5, 5.41) is 0. The summed E-state index contributed by atoms with van der Waals surface area (Å²) in [4.78, 5) is 3.92. The molecule has 0 fully saturated rings. The van der Waals surface area contributed by atoms with Gasteiger partial charge in [0, 0.05) is 39.1 Å². The number of hydrogen-bond donors (Lipinski definition) is 2. The Hall–Kier alpha value is -0.960. The molecule has 104 valence electrons. The largest absolute Gasteiger partial charge is 0.337 e. The summed E-state index contributed by atoms with van der Waals surface area (Å²) >= 11 is 0. The molecule has 0 radical (unpaired) electrons. The minimum atomic E-state index is -3.37. The van der Waals surface area contributed by atoms with Crippen LogP contribution >= 0.6 is 0 Å². The van der Waals surface area contributed by atoms with E-state index in [4.69, 9.17) is 5.73 Å². The number of nitrogens with two attached hydrogens (primary N) is 1. The molecule has 7 nitrogen and oxygen atoms in total. The number of aryl methyl sites for hydroxylation is 1. The zero-order valence-electron chi connectivity index (χ0n) is 10.6. The fraction of sp³-hybridized carbons (Fsp3) is 0.700. The van der Waals surface area contributed by atoms with Crippen LogP contribution in [0.25, 0.3) is 0 Å².